The number of nitrogens with one attached hydrogen (secondary N) is 1. The van der Waals surface area contributed by atoms with Gasteiger partial charge in [0, 0.05) is 37.9 Å². The van der Waals surface area contributed by atoms with Crippen LogP contribution in [0.25, 0.3) is 17.2 Å². The van der Waals surface area contributed by atoms with Gasteiger partial charge in [0.15, 0.2) is 5.82 Å². The van der Waals surface area contributed by atoms with Gasteiger partial charge >= 0.3 is 0 Å². The van der Waals surface area contributed by atoms with Crippen molar-refractivity contribution in [3.8, 4) is 17.3 Å². The molecule has 4 aromatic rings. The van der Waals surface area contributed by atoms with E-state index in [1.54, 1.807) is 36.0 Å². The molecule has 0 aliphatic carbocycles. The molecule has 35 heavy (non-hydrogen) atoms. The zero-order valence-electron chi connectivity index (χ0n) is 19.5. The topological polar surface area (TPSA) is 84.6 Å². The van der Waals surface area contributed by atoms with Gasteiger partial charge in [-0.2, -0.15) is 0 Å². The number of aromatic nitrogens is 4. The first-order chi connectivity index (χ1) is 17.1. The number of fused-ring (bicyclic) bond motifs is 1. The van der Waals surface area contributed by atoms with E-state index in [0.717, 1.165) is 30.7 Å². The first-order valence-corrected chi connectivity index (χ1v) is 11.7. The first-order valence-electron chi connectivity index (χ1n) is 11.7. The van der Waals surface area contributed by atoms with E-state index in [-0.39, 0.29) is 17.8 Å². The Morgan fingerprint density at radius 2 is 2.03 bits per heavy atom. The Hall–Kier alpha value is -4.01. The van der Waals surface area contributed by atoms with E-state index in [2.05, 4.69) is 20.3 Å². The number of nitrogens with zero attached hydrogens (tertiary/aromatic N) is 5. The van der Waals surface area contributed by atoms with Crippen molar-refractivity contribution in [2.45, 2.75) is 31.7 Å². The summed E-state index contributed by atoms with van der Waals surface area (Å²) in [5, 5.41) is 3.45. The number of rotatable bonds is 7. The molecule has 0 spiro atoms. The van der Waals surface area contributed by atoms with Gasteiger partial charge in [0.25, 0.3) is 0 Å². The highest BCUT2D eigenvalue weighted by Crippen LogP contribution is 2.21. The number of benzene rings is 1. The molecule has 0 saturated carbocycles. The Bertz CT molecular complexity index is 1320. The Balaban J connectivity index is 1.22. The molecule has 1 fully saturated rings. The third-order valence-electron chi connectivity index (χ3n) is 6.27. The van der Waals surface area contributed by atoms with E-state index in [9.17, 15) is 9.18 Å². The lowest BCUT2D eigenvalue weighted by Crippen LogP contribution is -2.45. The molecule has 1 aliphatic heterocycles. The van der Waals surface area contributed by atoms with Crippen LogP contribution in [0, 0.1) is 5.82 Å². The molecular weight excluding hydrogens is 447 g/mol. The molecule has 1 amide bonds. The summed E-state index contributed by atoms with van der Waals surface area (Å²) in [6, 6.07) is 12.7. The van der Waals surface area contributed by atoms with Crippen molar-refractivity contribution in [3.63, 3.8) is 0 Å². The van der Waals surface area contributed by atoms with Crippen molar-refractivity contribution in [2.75, 3.05) is 25.5 Å². The summed E-state index contributed by atoms with van der Waals surface area (Å²) >= 11 is 0. The molecule has 9 heteroatoms. The number of piperidine rings is 1. The molecule has 1 aliphatic rings. The minimum atomic E-state index is -0.356. The third kappa shape index (κ3) is 5.24. The standard InChI is InChI=1S/C26H27FN6O2/c1-35-21-8-4-18(5-9-21)6-11-25(34)32-14-2-3-20(17-32)30-23-12-13-28-26(31-23)22-15-29-24-10-7-19(27)16-33(22)24/h4-5,7-10,12-13,15-16,20H,2-3,6,11,14,17H2,1H3,(H,28,30,31)/t20-/m1/s1. The minimum Gasteiger partial charge on any atom is -0.497 e. The zero-order valence-corrected chi connectivity index (χ0v) is 19.5. The minimum absolute atomic E-state index is 0.0936. The van der Waals surface area contributed by atoms with Crippen molar-refractivity contribution in [1.82, 2.24) is 24.3 Å². The van der Waals surface area contributed by atoms with Crippen LogP contribution in [0.5, 0.6) is 5.75 Å². The van der Waals surface area contributed by atoms with Crippen molar-refractivity contribution < 1.29 is 13.9 Å². The van der Waals surface area contributed by atoms with Gasteiger partial charge in [0.1, 0.15) is 28.7 Å². The van der Waals surface area contributed by atoms with Crippen LogP contribution in [0.15, 0.2) is 61.1 Å². The van der Waals surface area contributed by atoms with Crippen LogP contribution in [0.4, 0.5) is 10.2 Å². The molecule has 8 nitrogen and oxygen atoms in total. The van der Waals surface area contributed by atoms with Gasteiger partial charge in [-0.1, -0.05) is 12.1 Å². The van der Waals surface area contributed by atoms with Gasteiger partial charge in [-0.25, -0.2) is 19.3 Å². The number of methoxy groups -OCH3 is 1. The van der Waals surface area contributed by atoms with Crippen LogP contribution in [-0.4, -0.2) is 56.4 Å². The number of amides is 1. The van der Waals surface area contributed by atoms with Crippen LogP contribution in [-0.2, 0) is 11.2 Å². The average Bonchev–Trinajstić information content (AvgIpc) is 3.31. The number of pyridine rings is 1. The summed E-state index contributed by atoms with van der Waals surface area (Å²) in [4.78, 5) is 28.1. The normalized spacial score (nSPS) is 15.8. The highest BCUT2D eigenvalue weighted by Gasteiger charge is 2.24. The maximum atomic E-state index is 13.7. The molecule has 0 radical (unpaired) electrons. The predicted octanol–water partition coefficient (Wildman–Crippen LogP) is 3.97. The second-order valence-corrected chi connectivity index (χ2v) is 8.66. The number of anilines is 1. The molecular formula is C26H27FN6O2. The number of hydrogen-bond acceptors (Lipinski definition) is 6. The zero-order chi connectivity index (χ0) is 24.2. The van der Waals surface area contributed by atoms with E-state index in [1.165, 1.54) is 12.3 Å². The summed E-state index contributed by atoms with van der Waals surface area (Å²) in [5.74, 6) is 1.73. The number of carbonyl (C=O) groups is 1. The van der Waals surface area contributed by atoms with E-state index in [1.807, 2.05) is 29.2 Å². The van der Waals surface area contributed by atoms with Gasteiger partial charge in [-0.3, -0.25) is 9.20 Å². The van der Waals surface area contributed by atoms with Crippen LogP contribution >= 0.6 is 0 Å². The Morgan fingerprint density at radius 3 is 2.86 bits per heavy atom. The lowest BCUT2D eigenvalue weighted by molar-refractivity contribution is -0.132. The third-order valence-corrected chi connectivity index (χ3v) is 6.27. The molecule has 180 valence electrons. The summed E-state index contributed by atoms with van der Waals surface area (Å²) in [6.45, 7) is 1.39. The summed E-state index contributed by atoms with van der Waals surface area (Å²) in [5.41, 5.74) is 2.35. The van der Waals surface area contributed by atoms with Crippen molar-refractivity contribution in [1.29, 1.82) is 0 Å². The molecule has 1 N–H and O–H groups in total. The first kappa shape index (κ1) is 22.8. The molecule has 5 rings (SSSR count). The number of carbonyl (C=O) groups excluding carboxylic acids is 1. The fourth-order valence-electron chi connectivity index (χ4n) is 4.41. The summed E-state index contributed by atoms with van der Waals surface area (Å²) in [7, 11) is 1.64. The van der Waals surface area contributed by atoms with Gasteiger partial charge in [-0.05, 0) is 55.2 Å². The molecule has 0 bridgehead atoms. The predicted molar refractivity (Wildman–Crippen MR) is 131 cm³/mol. The van der Waals surface area contributed by atoms with Crippen LogP contribution in [0.3, 0.4) is 0 Å². The number of ether oxygens (including phenoxy) is 1. The summed E-state index contributed by atoms with van der Waals surface area (Å²) in [6.07, 6.45) is 7.73. The SMILES string of the molecule is COc1ccc(CCC(=O)N2CCC[C@@H](Nc3ccnc(-c4cnc5ccc(F)cn45)n3)C2)cc1. The van der Waals surface area contributed by atoms with Crippen LogP contribution < -0.4 is 10.1 Å². The molecule has 3 aromatic heterocycles. The van der Waals surface area contributed by atoms with Crippen LogP contribution in [0.1, 0.15) is 24.8 Å². The number of hydrogen-bond donors (Lipinski definition) is 1. The van der Waals surface area contributed by atoms with E-state index >= 15 is 0 Å². The average molecular weight is 475 g/mol. The highest BCUT2D eigenvalue weighted by atomic mass is 19.1. The second kappa shape index (κ2) is 10.1. The molecule has 0 unspecified atom stereocenters. The number of halogens is 1. The van der Waals surface area contributed by atoms with E-state index < -0.39 is 0 Å². The fraction of sp³-hybridized carbons (Fsp3) is 0.308. The van der Waals surface area contributed by atoms with Gasteiger partial charge < -0.3 is 15.0 Å². The largest absolute Gasteiger partial charge is 0.497 e. The molecule has 4 heterocycles. The van der Waals surface area contributed by atoms with Crippen LogP contribution in [0.2, 0.25) is 0 Å². The van der Waals surface area contributed by atoms with E-state index in [0.29, 0.717) is 42.4 Å². The molecule has 1 aromatic carbocycles. The maximum Gasteiger partial charge on any atom is 0.222 e. The molecule has 1 atom stereocenters. The molecule has 1 saturated heterocycles. The highest BCUT2D eigenvalue weighted by molar-refractivity contribution is 5.76. The summed E-state index contributed by atoms with van der Waals surface area (Å²) < 4.78 is 20.6. The van der Waals surface area contributed by atoms with Gasteiger partial charge in [0.05, 0.1) is 13.3 Å². The maximum absolute atomic E-state index is 13.7. The van der Waals surface area contributed by atoms with Gasteiger partial charge in [-0.15, -0.1) is 0 Å². The smallest absolute Gasteiger partial charge is 0.222 e. The Kier molecular flexibility index (Phi) is 6.56. The fourth-order valence-corrected chi connectivity index (χ4v) is 4.41. The van der Waals surface area contributed by atoms with E-state index in [4.69, 9.17) is 4.74 Å². The Morgan fingerprint density at radius 1 is 1.17 bits per heavy atom. The lowest BCUT2D eigenvalue weighted by atomic mass is 10.0. The Labute approximate surface area is 202 Å². The monoisotopic (exact) mass is 474 g/mol. The van der Waals surface area contributed by atoms with Crippen molar-refractivity contribution in [3.05, 3.63) is 72.4 Å². The van der Waals surface area contributed by atoms with Crippen molar-refractivity contribution >= 4 is 17.4 Å². The van der Waals surface area contributed by atoms with Gasteiger partial charge in [0.2, 0.25) is 5.91 Å². The number of likely N-dealkylation sites (tertiary alicyclic amines) is 1. The van der Waals surface area contributed by atoms with Crippen molar-refractivity contribution in [2.24, 2.45) is 0 Å². The number of imidazole rings is 1. The quantitative estimate of drug-likeness (QED) is 0.436. The second-order valence-electron chi connectivity index (χ2n) is 8.66. The lowest BCUT2D eigenvalue weighted by Gasteiger charge is -2.33. The number of aryl methyl sites for hydroxylation is 1.